The summed E-state index contributed by atoms with van der Waals surface area (Å²) in [4.78, 5) is 61.6. The van der Waals surface area contributed by atoms with Gasteiger partial charge in [-0.3, -0.25) is 24.1 Å². The number of carbonyl (C=O) groups excluding carboxylic acids is 4. The second-order valence-corrected chi connectivity index (χ2v) is 15.6. The van der Waals surface area contributed by atoms with Crippen LogP contribution in [-0.2, 0) is 24.6 Å². The summed E-state index contributed by atoms with van der Waals surface area (Å²) in [6, 6.07) is 19.7. The van der Waals surface area contributed by atoms with Crippen LogP contribution in [-0.4, -0.2) is 46.8 Å². The summed E-state index contributed by atoms with van der Waals surface area (Å²) in [5.41, 5.74) is 1.25. The molecule has 2 saturated carbocycles. The average molecular weight is 791 g/mol. The van der Waals surface area contributed by atoms with Gasteiger partial charge in [0.05, 0.1) is 39.5 Å². The molecule has 2 heterocycles. The number of rotatable bonds is 5. The summed E-state index contributed by atoms with van der Waals surface area (Å²) in [7, 11) is 1.48. The molecule has 4 amide bonds. The quantitative estimate of drug-likeness (QED) is 0.167. The van der Waals surface area contributed by atoms with Crippen molar-refractivity contribution in [2.24, 2.45) is 23.7 Å². The minimum atomic E-state index is -1.39. The van der Waals surface area contributed by atoms with Gasteiger partial charge in [-0.15, -0.1) is 0 Å². The van der Waals surface area contributed by atoms with Crippen LogP contribution in [0.4, 0.5) is 5.69 Å². The molecule has 2 saturated heterocycles. The normalized spacial score (nSPS) is 29.9. The minimum Gasteiger partial charge on any atom is -0.504 e. The maximum Gasteiger partial charge on any atom is 0.246 e. The van der Waals surface area contributed by atoms with Crippen LogP contribution in [0.15, 0.2) is 78.4 Å². The Labute approximate surface area is 303 Å². The van der Waals surface area contributed by atoms with Gasteiger partial charge in [-0.1, -0.05) is 78.9 Å². The number of allylic oxidation sites excluding steroid dienone is 2. The van der Waals surface area contributed by atoms with Crippen molar-refractivity contribution in [3.63, 3.8) is 0 Å². The smallest absolute Gasteiger partial charge is 0.246 e. The zero-order valence-electron chi connectivity index (χ0n) is 27.0. The van der Waals surface area contributed by atoms with E-state index < -0.39 is 35.0 Å². The first-order chi connectivity index (χ1) is 23.7. The van der Waals surface area contributed by atoms with Gasteiger partial charge >= 0.3 is 0 Å². The number of aromatic hydroxyl groups is 1. The average Bonchev–Trinajstić information content (AvgIpc) is 3.50. The maximum atomic E-state index is 15.4. The summed E-state index contributed by atoms with van der Waals surface area (Å²) in [5.74, 6) is -3.87. The summed E-state index contributed by atoms with van der Waals surface area (Å²) >= 11 is 8.47. The molecule has 3 aliphatic carbocycles. The Balaban J connectivity index is 1.36. The Morgan fingerprint density at radius 1 is 0.898 bits per heavy atom. The highest BCUT2D eigenvalue weighted by Crippen LogP contribution is 2.65. The van der Waals surface area contributed by atoms with Gasteiger partial charge in [0.2, 0.25) is 23.6 Å². The molecule has 4 fully saturated rings. The van der Waals surface area contributed by atoms with Crippen LogP contribution in [0.1, 0.15) is 62.0 Å². The molecule has 3 aromatic carbocycles. The number of hydrogen-bond donors (Lipinski definition) is 1. The van der Waals surface area contributed by atoms with E-state index in [2.05, 4.69) is 28.7 Å². The molecule has 5 aliphatic rings. The lowest BCUT2D eigenvalue weighted by Crippen LogP contribution is -2.53. The van der Waals surface area contributed by atoms with Gasteiger partial charge in [0.1, 0.15) is 0 Å². The molecular weight excluding hydrogens is 755 g/mol. The van der Waals surface area contributed by atoms with E-state index in [1.807, 2.05) is 36.4 Å². The van der Waals surface area contributed by atoms with Gasteiger partial charge in [-0.05, 0) is 95.7 Å². The first-order valence-electron chi connectivity index (χ1n) is 17.0. The van der Waals surface area contributed by atoms with Crippen molar-refractivity contribution in [3.05, 3.63) is 98.1 Å². The molecule has 0 aromatic heterocycles. The van der Waals surface area contributed by atoms with E-state index in [-0.39, 0.29) is 47.6 Å². The molecule has 0 bridgehead atoms. The number of imide groups is 2. The second-order valence-electron chi connectivity index (χ2n) is 14.0. The minimum absolute atomic E-state index is 0.0173. The molecule has 0 unspecified atom stereocenters. The van der Waals surface area contributed by atoms with Crippen molar-refractivity contribution in [2.45, 2.75) is 62.3 Å². The first-order valence-corrected chi connectivity index (χ1v) is 18.5. The number of benzene rings is 3. The van der Waals surface area contributed by atoms with Gasteiger partial charge in [-0.25, -0.2) is 4.90 Å². The number of nitrogens with zero attached hydrogens (tertiary/aromatic N) is 2. The monoisotopic (exact) mass is 790 g/mol. The van der Waals surface area contributed by atoms with Crippen LogP contribution in [0, 0.1) is 27.2 Å². The summed E-state index contributed by atoms with van der Waals surface area (Å²) in [6.07, 6.45) is 7.41. The number of methoxy groups -OCH3 is 1. The van der Waals surface area contributed by atoms with Crippen LogP contribution in [0.25, 0.3) is 0 Å². The summed E-state index contributed by atoms with van der Waals surface area (Å²) in [5, 5.41) is 11.3. The molecule has 0 spiro atoms. The fraction of sp³-hybridized carbons (Fsp3) is 0.385. The van der Waals surface area contributed by atoms with E-state index in [1.165, 1.54) is 12.0 Å². The molecule has 3 aromatic rings. The number of amides is 4. The van der Waals surface area contributed by atoms with E-state index in [4.69, 9.17) is 16.3 Å². The van der Waals surface area contributed by atoms with E-state index in [1.54, 1.807) is 35.2 Å². The van der Waals surface area contributed by atoms with E-state index >= 15 is 4.79 Å². The zero-order chi connectivity index (χ0) is 34.2. The molecule has 10 heteroatoms. The fourth-order valence-electron chi connectivity index (χ4n) is 9.76. The number of phenolic OH excluding ortho intramolecular Hbond substituents is 1. The molecule has 1 N–H and O–H groups in total. The molecule has 0 radical (unpaired) electrons. The molecule has 6 atom stereocenters. The van der Waals surface area contributed by atoms with E-state index in [0.717, 1.165) is 37.7 Å². The number of carbonyl (C=O) groups is 4. The van der Waals surface area contributed by atoms with Crippen LogP contribution in [0.3, 0.4) is 0 Å². The highest BCUT2D eigenvalue weighted by molar-refractivity contribution is 14.1. The SMILES string of the molecule is COc1cc([C@H]2C3=CC[C@@H]4C(=O)N(C5CCCCC5)C(=O)[C@@H]4[C@@H]3C[C@H]3C(=O)N(c4cccc(Cl)c4)C(=O)[C@@]23c2ccccc2)cc(I)c1O. The van der Waals surface area contributed by atoms with Crippen molar-refractivity contribution in [1.29, 1.82) is 0 Å². The van der Waals surface area contributed by atoms with Crippen molar-refractivity contribution in [3.8, 4) is 11.5 Å². The lowest BCUT2D eigenvalue weighted by Gasteiger charge is -2.50. The van der Waals surface area contributed by atoms with Crippen LogP contribution in [0.5, 0.6) is 11.5 Å². The highest BCUT2D eigenvalue weighted by Gasteiger charge is 2.70. The predicted octanol–water partition coefficient (Wildman–Crippen LogP) is 7.15. The maximum absolute atomic E-state index is 15.4. The van der Waals surface area contributed by atoms with E-state index in [9.17, 15) is 19.5 Å². The van der Waals surface area contributed by atoms with Gasteiger partial charge in [-0.2, -0.15) is 0 Å². The second kappa shape index (κ2) is 12.3. The Kier molecular flexibility index (Phi) is 8.13. The molecule has 8 rings (SSSR count). The Hall–Kier alpha value is -3.70. The number of phenols is 1. The molecule has 2 aliphatic heterocycles. The lowest BCUT2D eigenvalue weighted by molar-refractivity contribution is -0.143. The standard InChI is InChI=1S/C39H36ClIN2O6/c1-49-31-18-21(17-30(41)34(31)44)33-26-15-16-27-32(37(47)42(35(27)45)24-12-6-3-7-13-24)28(26)20-29-36(46)43(25-14-8-11-23(40)19-25)38(48)39(29,33)22-9-4-2-5-10-22/h2,4-5,8-11,14-15,17-19,24,27-29,32-33,44H,3,6-7,12-13,16,20H2,1H3/t27-,28+,29-,32-,33-,39+/m0/s1. The molecule has 252 valence electrons. The zero-order valence-corrected chi connectivity index (χ0v) is 29.9. The third-order valence-corrected chi connectivity index (χ3v) is 12.8. The van der Waals surface area contributed by atoms with Crippen molar-refractivity contribution >= 4 is 63.5 Å². The third-order valence-electron chi connectivity index (χ3n) is 11.7. The summed E-state index contributed by atoms with van der Waals surface area (Å²) in [6.45, 7) is 0. The lowest BCUT2D eigenvalue weighted by atomic mass is 9.49. The first kappa shape index (κ1) is 32.5. The predicted molar refractivity (Wildman–Crippen MR) is 192 cm³/mol. The van der Waals surface area contributed by atoms with E-state index in [0.29, 0.717) is 31.8 Å². The van der Waals surface area contributed by atoms with Gasteiger partial charge in [0.15, 0.2) is 11.5 Å². The van der Waals surface area contributed by atoms with Crippen molar-refractivity contribution in [2.75, 3.05) is 12.0 Å². The number of anilines is 1. The number of fused-ring (bicyclic) bond motifs is 4. The highest BCUT2D eigenvalue weighted by atomic mass is 127. The molecule has 8 nitrogen and oxygen atoms in total. The number of halogens is 2. The Morgan fingerprint density at radius 2 is 1.65 bits per heavy atom. The largest absolute Gasteiger partial charge is 0.504 e. The number of hydrogen-bond acceptors (Lipinski definition) is 6. The Morgan fingerprint density at radius 3 is 2.37 bits per heavy atom. The van der Waals surface area contributed by atoms with Crippen LogP contribution >= 0.6 is 34.2 Å². The number of ether oxygens (including phenoxy) is 1. The van der Waals surface area contributed by atoms with Gasteiger partial charge in [0.25, 0.3) is 0 Å². The van der Waals surface area contributed by atoms with Crippen molar-refractivity contribution in [1.82, 2.24) is 4.90 Å². The van der Waals surface area contributed by atoms with Crippen molar-refractivity contribution < 1.29 is 29.0 Å². The Bertz CT molecular complexity index is 1930. The fourth-order valence-corrected chi connectivity index (χ4v) is 10.6. The van der Waals surface area contributed by atoms with Crippen LogP contribution < -0.4 is 9.64 Å². The summed E-state index contributed by atoms with van der Waals surface area (Å²) < 4.78 is 6.15. The molecule has 49 heavy (non-hydrogen) atoms. The van der Waals surface area contributed by atoms with Gasteiger partial charge in [0, 0.05) is 17.0 Å². The van der Waals surface area contributed by atoms with Gasteiger partial charge < -0.3 is 9.84 Å². The topological polar surface area (TPSA) is 104 Å². The third kappa shape index (κ3) is 4.74. The molecular formula is C39H36ClIN2O6. The van der Waals surface area contributed by atoms with Crippen LogP contribution in [0.2, 0.25) is 5.02 Å². The number of likely N-dealkylation sites (tertiary alicyclic amines) is 1.